The van der Waals surface area contributed by atoms with E-state index in [4.69, 9.17) is 21.4 Å². The van der Waals surface area contributed by atoms with E-state index in [1.165, 1.54) is 17.7 Å². The van der Waals surface area contributed by atoms with Crippen LogP contribution < -0.4 is 20.1 Å². The van der Waals surface area contributed by atoms with Crippen molar-refractivity contribution in [3.63, 3.8) is 0 Å². The van der Waals surface area contributed by atoms with Crippen molar-refractivity contribution in [3.8, 4) is 5.75 Å². The van der Waals surface area contributed by atoms with Crippen LogP contribution in [-0.4, -0.2) is 43.3 Å². The Kier molecular flexibility index (Phi) is 7.16. The maximum absolute atomic E-state index is 12.1. The number of ether oxygens (including phenoxy) is 1. The van der Waals surface area contributed by atoms with Gasteiger partial charge in [-0.15, -0.1) is 0 Å². The molecule has 1 aromatic heterocycles. The minimum absolute atomic E-state index is 0.207. The number of hydrogen-bond acceptors (Lipinski definition) is 8. The third kappa shape index (κ3) is 6.35. The van der Waals surface area contributed by atoms with Crippen LogP contribution in [0.1, 0.15) is 0 Å². The van der Waals surface area contributed by atoms with Crippen LogP contribution in [0.3, 0.4) is 0 Å². The molecular weight excluding hydrogens is 458 g/mol. The van der Waals surface area contributed by atoms with Crippen molar-refractivity contribution in [2.45, 2.75) is 0 Å². The highest BCUT2D eigenvalue weighted by molar-refractivity contribution is 8.01. The molecule has 32 heavy (non-hydrogen) atoms. The average Bonchev–Trinajstić information content (AvgIpc) is 2.76. The van der Waals surface area contributed by atoms with Crippen molar-refractivity contribution in [2.75, 3.05) is 28.2 Å². The van der Waals surface area contributed by atoms with E-state index in [0.29, 0.717) is 22.8 Å². The normalized spacial score (nSPS) is 12.2. The fourth-order valence-electron chi connectivity index (χ4n) is 2.49. The number of aromatic nitrogens is 2. The quantitative estimate of drug-likeness (QED) is 0.342. The van der Waals surface area contributed by atoms with Crippen molar-refractivity contribution in [2.24, 2.45) is 0 Å². The maximum Gasteiger partial charge on any atom is 0.341 e. The Bertz CT molecular complexity index is 1290. The van der Waals surface area contributed by atoms with Gasteiger partial charge in [-0.2, -0.15) is 4.98 Å². The maximum atomic E-state index is 12.1. The number of carboxylic acid groups (broad SMARTS) is 1. The molecule has 2 aromatic carbocycles. The number of nitrogens with zero attached hydrogens (tertiary/aromatic N) is 2. The van der Waals surface area contributed by atoms with Gasteiger partial charge in [0.25, 0.3) is 0 Å². The van der Waals surface area contributed by atoms with Crippen LogP contribution in [-0.2, 0) is 19.3 Å². The third-order valence-electron chi connectivity index (χ3n) is 3.84. The lowest BCUT2D eigenvalue weighted by molar-refractivity contribution is -0.139. The number of nitrogens with one attached hydrogen (secondary N) is 3. The second-order valence-electron chi connectivity index (χ2n) is 6.43. The number of benzene rings is 2. The highest BCUT2D eigenvalue weighted by Gasteiger charge is 2.11. The first-order chi connectivity index (χ1) is 15.3. The van der Waals surface area contributed by atoms with Crippen molar-refractivity contribution < 1.29 is 23.6 Å². The number of hydrogen-bond donors (Lipinski definition) is 4. The highest BCUT2D eigenvalue weighted by atomic mass is 35.5. The summed E-state index contributed by atoms with van der Waals surface area (Å²) in [5.41, 5.74) is 1.44. The molecule has 0 aliphatic heterocycles. The summed E-state index contributed by atoms with van der Waals surface area (Å²) in [6.45, 7) is -0.464. The Morgan fingerprint density at radius 2 is 1.94 bits per heavy atom. The van der Waals surface area contributed by atoms with Crippen LogP contribution in [0.25, 0.3) is 0 Å². The number of rotatable bonds is 9. The minimum atomic E-state index is -3.03. The van der Waals surface area contributed by atoms with E-state index >= 15 is 0 Å². The zero-order valence-corrected chi connectivity index (χ0v) is 18.2. The molecule has 0 spiro atoms. The molecule has 0 saturated heterocycles. The molecule has 0 saturated carbocycles. The van der Waals surface area contributed by atoms with Gasteiger partial charge in [0.05, 0.1) is 17.6 Å². The van der Waals surface area contributed by atoms with Gasteiger partial charge < -0.3 is 25.2 Å². The summed E-state index contributed by atoms with van der Waals surface area (Å²) < 4.78 is 19.9. The monoisotopic (exact) mass is 475 g/mol. The van der Waals surface area contributed by atoms with Gasteiger partial charge >= 0.3 is 5.97 Å². The Balaban J connectivity index is 1.82. The molecule has 1 unspecified atom stereocenters. The molecule has 3 aromatic rings. The first kappa shape index (κ1) is 22.9. The number of carbonyl (C=O) groups excluding carboxylic acids is 1. The van der Waals surface area contributed by atoms with Crippen LogP contribution in [0, 0.1) is 0 Å². The molecule has 0 fully saturated rings. The Labute approximate surface area is 188 Å². The van der Waals surface area contributed by atoms with Crippen LogP contribution >= 0.6 is 11.6 Å². The molecular formula is C20H18ClN5O5S. The summed E-state index contributed by atoms with van der Waals surface area (Å²) in [6.07, 6.45) is 2.63. The van der Waals surface area contributed by atoms with E-state index in [2.05, 4.69) is 25.3 Å². The van der Waals surface area contributed by atoms with Crippen LogP contribution in [0.5, 0.6) is 5.75 Å². The van der Waals surface area contributed by atoms with Crippen LogP contribution in [0.2, 0.25) is 5.02 Å². The molecule has 0 aliphatic carbocycles. The second kappa shape index (κ2) is 10.0. The zero-order chi connectivity index (χ0) is 23.1. The fraction of sp³-hybridized carbons (Fsp3) is 0.100. The minimum Gasteiger partial charge on any atom is -0.482 e. The molecule has 10 nitrogen and oxygen atoms in total. The molecule has 0 radical (unpaired) electrons. The highest BCUT2D eigenvalue weighted by Crippen LogP contribution is 2.30. The summed E-state index contributed by atoms with van der Waals surface area (Å²) >= 11 is 6.23. The van der Waals surface area contributed by atoms with E-state index < -0.39 is 22.3 Å². The third-order valence-corrected chi connectivity index (χ3v) is 5.04. The van der Waals surface area contributed by atoms with Crippen molar-refractivity contribution in [1.82, 2.24) is 9.97 Å². The Morgan fingerprint density at radius 1 is 1.19 bits per heavy atom. The molecule has 0 amide bonds. The van der Waals surface area contributed by atoms with Gasteiger partial charge in [-0.25, -0.2) is 18.8 Å². The van der Waals surface area contributed by atoms with Gasteiger partial charge in [-0.3, -0.25) is 0 Å². The Hall–Kier alpha value is -3.79. The predicted octanol–water partition coefficient (Wildman–Crippen LogP) is 3.39. The number of anilines is 5. The van der Waals surface area contributed by atoms with Gasteiger partial charge in [-0.05, 0) is 24.3 Å². The first-order valence-electron chi connectivity index (χ1n) is 9.02. The van der Waals surface area contributed by atoms with E-state index in [0.717, 1.165) is 0 Å². The SMILES string of the molecule is CS(=O)(=C=O)Nc1ccccc1Nc1nc(Nc2cccc(OCC(=O)O)c2)ncc1Cl. The molecule has 1 atom stereocenters. The number of carboxylic acids is 1. The average molecular weight is 476 g/mol. The molecule has 1 heterocycles. The largest absolute Gasteiger partial charge is 0.482 e. The zero-order valence-electron chi connectivity index (χ0n) is 16.7. The van der Waals surface area contributed by atoms with Gasteiger partial charge in [-0.1, -0.05) is 29.8 Å². The lowest BCUT2D eigenvalue weighted by atomic mass is 10.2. The molecule has 3 rings (SSSR count). The van der Waals surface area contributed by atoms with Crippen molar-refractivity contribution in [1.29, 1.82) is 0 Å². The van der Waals surface area contributed by atoms with E-state index in [-0.39, 0.29) is 16.8 Å². The standard InChI is InChI=1S/C20H18ClN5O5S/c1-32(30,12-27)26-17-8-3-2-7-16(17)24-19-15(21)10-22-20(25-19)23-13-5-4-6-14(9-13)31-11-18(28)29/h2-10H,11H2,1H3,(H,26,30)(H,28,29)(H2,22,23,24,25). The Morgan fingerprint density at radius 3 is 2.66 bits per heavy atom. The molecule has 0 aliphatic rings. The van der Waals surface area contributed by atoms with Crippen LogP contribution in [0.15, 0.2) is 54.7 Å². The van der Waals surface area contributed by atoms with E-state index in [1.807, 2.05) is 0 Å². The summed E-state index contributed by atoms with van der Waals surface area (Å²) in [6, 6.07) is 13.4. The fourth-order valence-corrected chi connectivity index (χ4v) is 3.27. The molecule has 166 valence electrons. The number of aliphatic carboxylic acids is 1. The van der Waals surface area contributed by atoms with Gasteiger partial charge in [0, 0.05) is 18.0 Å². The van der Waals surface area contributed by atoms with Gasteiger partial charge in [0.15, 0.2) is 12.4 Å². The lowest BCUT2D eigenvalue weighted by Crippen LogP contribution is -2.12. The molecule has 4 N–H and O–H groups in total. The van der Waals surface area contributed by atoms with Gasteiger partial charge in [0.2, 0.25) is 11.2 Å². The molecule has 0 bridgehead atoms. The second-order valence-corrected chi connectivity index (χ2v) is 8.89. The van der Waals surface area contributed by atoms with Crippen molar-refractivity contribution in [3.05, 3.63) is 59.8 Å². The van der Waals surface area contributed by atoms with Crippen LogP contribution in [0.4, 0.5) is 28.8 Å². The summed E-state index contributed by atoms with van der Waals surface area (Å²) in [4.78, 5) is 30.0. The first-order valence-corrected chi connectivity index (χ1v) is 11.4. The van der Waals surface area contributed by atoms with Gasteiger partial charge in [0.1, 0.15) is 20.5 Å². The number of carbonyl (C=O) groups is 1. The van der Waals surface area contributed by atoms with E-state index in [9.17, 15) is 13.8 Å². The van der Waals surface area contributed by atoms with Crippen molar-refractivity contribution >= 4 is 61.3 Å². The smallest absolute Gasteiger partial charge is 0.341 e. The topological polar surface area (TPSA) is 143 Å². The summed E-state index contributed by atoms with van der Waals surface area (Å²) in [7, 11) is -3.03. The van der Waals surface area contributed by atoms with E-state index in [1.54, 1.807) is 48.5 Å². The predicted molar refractivity (Wildman–Crippen MR) is 123 cm³/mol. The number of halogens is 1. The summed E-state index contributed by atoms with van der Waals surface area (Å²) in [5, 5.41) is 16.5. The number of para-hydroxylation sites is 2. The molecule has 12 heteroatoms. The summed E-state index contributed by atoms with van der Waals surface area (Å²) in [5.74, 6) is -0.257. The lowest BCUT2D eigenvalue weighted by Gasteiger charge is -2.15.